The largest absolute Gasteiger partial charge is 0.481 e. The summed E-state index contributed by atoms with van der Waals surface area (Å²) >= 11 is 0. The van der Waals surface area contributed by atoms with Crippen LogP contribution in [-0.2, 0) is 11.3 Å². The fraction of sp³-hybridized carbons (Fsp3) is 0.444. The van der Waals surface area contributed by atoms with E-state index in [1.807, 2.05) is 23.1 Å². The number of anilines is 1. The van der Waals surface area contributed by atoms with E-state index in [0.717, 1.165) is 37.2 Å². The molecule has 2 aliphatic rings. The van der Waals surface area contributed by atoms with E-state index in [9.17, 15) is 24.3 Å². The first-order valence-electron chi connectivity index (χ1n) is 16.3. The number of hydrogen-bond acceptors (Lipinski definition) is 5. The van der Waals surface area contributed by atoms with Gasteiger partial charge in [0.2, 0.25) is 0 Å². The van der Waals surface area contributed by atoms with E-state index in [4.69, 9.17) is 9.52 Å². The third-order valence-electron chi connectivity index (χ3n) is 9.50. The molecule has 0 saturated heterocycles. The van der Waals surface area contributed by atoms with Gasteiger partial charge in [0.25, 0.3) is 5.91 Å². The van der Waals surface area contributed by atoms with Crippen LogP contribution < -0.4 is 10.6 Å². The Morgan fingerprint density at radius 2 is 1.57 bits per heavy atom. The molecule has 3 aromatic rings. The highest BCUT2D eigenvalue weighted by Gasteiger charge is 2.33. The molecule has 0 radical (unpaired) electrons. The van der Waals surface area contributed by atoms with Crippen LogP contribution in [0.25, 0.3) is 11.3 Å². The molecule has 46 heavy (non-hydrogen) atoms. The zero-order valence-corrected chi connectivity index (χ0v) is 26.3. The van der Waals surface area contributed by atoms with E-state index >= 15 is 0 Å². The minimum atomic E-state index is -1.06. The lowest BCUT2D eigenvalue weighted by Gasteiger charge is -2.40. The van der Waals surface area contributed by atoms with Crippen molar-refractivity contribution in [2.24, 2.45) is 11.8 Å². The second-order valence-electron chi connectivity index (χ2n) is 12.6. The summed E-state index contributed by atoms with van der Waals surface area (Å²) in [5.41, 5.74) is 2.64. The lowest BCUT2D eigenvalue weighted by molar-refractivity contribution is -0.136. The average Bonchev–Trinajstić information content (AvgIpc) is 3.46. The first-order valence-corrected chi connectivity index (χ1v) is 16.3. The number of aryl methyl sites for hydroxylation is 1. The maximum absolute atomic E-state index is 13.9. The lowest BCUT2D eigenvalue weighted by atomic mass is 9.72. The Morgan fingerprint density at radius 1 is 0.870 bits per heavy atom. The molecule has 0 aliphatic heterocycles. The van der Waals surface area contributed by atoms with Crippen LogP contribution in [0.3, 0.4) is 0 Å². The number of carbonyl (C=O) groups excluding carboxylic acids is 2. The van der Waals surface area contributed by atoms with Gasteiger partial charge in [0.05, 0.1) is 6.42 Å². The molecule has 2 saturated carbocycles. The van der Waals surface area contributed by atoms with Crippen molar-refractivity contribution in [1.82, 2.24) is 10.2 Å². The summed E-state index contributed by atoms with van der Waals surface area (Å²) in [4.78, 5) is 50.6. The summed E-state index contributed by atoms with van der Waals surface area (Å²) in [5.74, 6) is -0.142. The molecule has 0 bridgehead atoms. The summed E-state index contributed by atoms with van der Waals surface area (Å²) in [5, 5.41) is 23.9. The van der Waals surface area contributed by atoms with Crippen molar-refractivity contribution in [3.05, 3.63) is 77.0 Å². The average molecular weight is 630 g/mol. The molecule has 10 heteroatoms. The van der Waals surface area contributed by atoms with Gasteiger partial charge in [-0.25, -0.2) is 9.59 Å². The van der Waals surface area contributed by atoms with E-state index < -0.39 is 11.9 Å². The Hall–Kier alpha value is -4.60. The molecule has 1 aromatic heterocycles. The zero-order chi connectivity index (χ0) is 32.6. The van der Waals surface area contributed by atoms with Gasteiger partial charge in [-0.1, -0.05) is 56.4 Å². The van der Waals surface area contributed by atoms with Crippen molar-refractivity contribution in [1.29, 1.82) is 0 Å². The van der Waals surface area contributed by atoms with Gasteiger partial charge < -0.3 is 30.2 Å². The number of amides is 3. The monoisotopic (exact) mass is 629 g/mol. The van der Waals surface area contributed by atoms with Crippen molar-refractivity contribution < 1.29 is 33.8 Å². The molecule has 10 nitrogen and oxygen atoms in total. The highest BCUT2D eigenvalue weighted by atomic mass is 16.4. The first-order chi connectivity index (χ1) is 22.2. The standard InChI is InChI=1S/C36H43N3O7/c1-23-31(35(43)44)21-32(46-23)28-8-5-9-29(20-28)38-36(45)39(30-16-14-26(15-17-30)25-6-3-2-4-7-25)22-24-10-12-27(13-11-24)34(42)37-19-18-33(40)41/h5,8-13,20-21,25-26,30H,2-4,6-7,14-19,22H2,1H3,(H,37,42)(H,38,45)(H,40,41)(H,43,44). The number of nitrogens with zero attached hydrogens (tertiary/aromatic N) is 1. The lowest BCUT2D eigenvalue weighted by Crippen LogP contribution is -2.44. The van der Waals surface area contributed by atoms with E-state index in [1.165, 1.54) is 38.2 Å². The molecule has 3 amide bonds. The molecule has 5 rings (SSSR count). The number of carboxylic acid groups (broad SMARTS) is 2. The maximum Gasteiger partial charge on any atom is 0.339 e. The Morgan fingerprint density at radius 3 is 2.22 bits per heavy atom. The number of aliphatic carboxylic acids is 1. The molecule has 2 aromatic carbocycles. The van der Waals surface area contributed by atoms with Crippen LogP contribution in [0.5, 0.6) is 0 Å². The van der Waals surface area contributed by atoms with Crippen molar-refractivity contribution in [3.63, 3.8) is 0 Å². The number of benzene rings is 2. The molecule has 4 N–H and O–H groups in total. The van der Waals surface area contributed by atoms with Gasteiger partial charge in [-0.2, -0.15) is 0 Å². The molecule has 0 unspecified atom stereocenters. The van der Waals surface area contributed by atoms with Gasteiger partial charge >= 0.3 is 18.0 Å². The van der Waals surface area contributed by atoms with E-state index in [-0.39, 0.29) is 36.5 Å². The summed E-state index contributed by atoms with van der Waals surface area (Å²) in [6.45, 7) is 2.03. The Labute approximate surface area is 269 Å². The number of rotatable bonds is 11. The quantitative estimate of drug-likeness (QED) is 0.173. The summed E-state index contributed by atoms with van der Waals surface area (Å²) < 4.78 is 5.70. The molecule has 2 fully saturated rings. The SMILES string of the molecule is Cc1oc(-c2cccc(NC(=O)N(Cc3ccc(C(=O)NCCC(=O)O)cc3)C3CCC(C4CCCCC4)CC3)c2)cc1C(=O)O. The minimum absolute atomic E-state index is 0.0504. The van der Waals surface area contributed by atoms with Crippen molar-refractivity contribution in [2.45, 2.75) is 83.7 Å². The van der Waals surface area contributed by atoms with Crippen LogP contribution in [0.2, 0.25) is 0 Å². The fourth-order valence-electron chi connectivity index (χ4n) is 6.98. The number of urea groups is 1. The van der Waals surface area contributed by atoms with E-state index in [0.29, 0.717) is 40.8 Å². The fourth-order valence-corrected chi connectivity index (χ4v) is 6.98. The number of carbonyl (C=O) groups is 4. The van der Waals surface area contributed by atoms with Crippen molar-refractivity contribution >= 4 is 29.6 Å². The van der Waals surface area contributed by atoms with Crippen molar-refractivity contribution in [3.8, 4) is 11.3 Å². The summed E-state index contributed by atoms with van der Waals surface area (Å²) in [6, 6.07) is 15.6. The van der Waals surface area contributed by atoms with Crippen LogP contribution in [-0.4, -0.2) is 51.6 Å². The summed E-state index contributed by atoms with van der Waals surface area (Å²) in [6.07, 6.45) is 10.5. The number of carboxylic acids is 2. The van der Waals surface area contributed by atoms with Crippen LogP contribution in [0, 0.1) is 18.8 Å². The van der Waals surface area contributed by atoms with Crippen LogP contribution in [0.1, 0.15) is 96.2 Å². The van der Waals surface area contributed by atoms with Crippen LogP contribution in [0.15, 0.2) is 59.0 Å². The van der Waals surface area contributed by atoms with Gasteiger partial charge in [-0.15, -0.1) is 0 Å². The number of furan rings is 1. The molecule has 244 valence electrons. The van der Waals surface area contributed by atoms with Crippen molar-refractivity contribution in [2.75, 3.05) is 11.9 Å². The third-order valence-corrected chi connectivity index (χ3v) is 9.50. The molecular formula is C36H43N3O7. The number of aromatic carboxylic acids is 1. The summed E-state index contributed by atoms with van der Waals surface area (Å²) in [7, 11) is 0. The Bertz CT molecular complexity index is 1530. The van der Waals surface area contributed by atoms with Crippen LogP contribution >= 0.6 is 0 Å². The normalized spacial score (nSPS) is 18.5. The second kappa shape index (κ2) is 15.1. The second-order valence-corrected chi connectivity index (χ2v) is 12.6. The zero-order valence-electron chi connectivity index (χ0n) is 26.3. The third kappa shape index (κ3) is 8.35. The first kappa shape index (κ1) is 32.8. The van der Waals surface area contributed by atoms with Gasteiger partial charge in [0.15, 0.2) is 0 Å². The van der Waals surface area contributed by atoms with Crippen LogP contribution in [0.4, 0.5) is 10.5 Å². The molecule has 0 spiro atoms. The van der Waals surface area contributed by atoms with E-state index in [1.54, 1.807) is 37.3 Å². The highest BCUT2D eigenvalue weighted by Crippen LogP contribution is 2.39. The smallest absolute Gasteiger partial charge is 0.339 e. The Balaban J connectivity index is 1.30. The molecule has 1 heterocycles. The molecule has 2 aliphatic carbocycles. The minimum Gasteiger partial charge on any atom is -0.481 e. The predicted octanol–water partition coefficient (Wildman–Crippen LogP) is 7.33. The molecular weight excluding hydrogens is 586 g/mol. The predicted molar refractivity (Wildman–Crippen MR) is 174 cm³/mol. The van der Waals surface area contributed by atoms with Gasteiger partial charge in [0.1, 0.15) is 17.1 Å². The topological polar surface area (TPSA) is 149 Å². The maximum atomic E-state index is 13.9. The highest BCUT2D eigenvalue weighted by molar-refractivity contribution is 5.94. The molecule has 0 atom stereocenters. The van der Waals surface area contributed by atoms with E-state index in [2.05, 4.69) is 10.6 Å². The van der Waals surface area contributed by atoms with Gasteiger partial charge in [-0.3, -0.25) is 9.59 Å². The van der Waals surface area contributed by atoms with Gasteiger partial charge in [0, 0.05) is 35.9 Å². The Kier molecular flexibility index (Phi) is 10.8. The number of nitrogens with one attached hydrogen (secondary N) is 2. The number of hydrogen-bond donors (Lipinski definition) is 4. The van der Waals surface area contributed by atoms with Gasteiger partial charge in [-0.05, 0) is 80.3 Å².